The first-order valence-electron chi connectivity index (χ1n) is 6.85. The maximum absolute atomic E-state index is 13.2. The van der Waals surface area contributed by atoms with Gasteiger partial charge in [-0.1, -0.05) is 54.6 Å². The molecule has 1 heterocycles. The molecule has 0 bridgehead atoms. The first-order chi connectivity index (χ1) is 9.67. The molecule has 2 heteroatoms. The summed E-state index contributed by atoms with van der Waals surface area (Å²) in [6.07, 6.45) is 6.21. The second-order valence-electron chi connectivity index (χ2n) is 5.55. The summed E-state index contributed by atoms with van der Waals surface area (Å²) in [6, 6.07) is 12.6. The molecule has 0 spiro atoms. The van der Waals surface area contributed by atoms with E-state index in [2.05, 4.69) is 48.6 Å². The van der Waals surface area contributed by atoms with E-state index in [1.165, 1.54) is 21.9 Å². The lowest BCUT2D eigenvalue weighted by atomic mass is 9.93. The van der Waals surface area contributed by atoms with Crippen molar-refractivity contribution in [1.82, 2.24) is 0 Å². The van der Waals surface area contributed by atoms with E-state index in [0.717, 1.165) is 5.57 Å². The van der Waals surface area contributed by atoms with Gasteiger partial charge in [0, 0.05) is 0 Å². The highest BCUT2D eigenvalue weighted by atomic mass is 31.2. The molecule has 1 aliphatic carbocycles. The van der Waals surface area contributed by atoms with Crippen LogP contribution in [-0.4, -0.2) is 0 Å². The minimum absolute atomic E-state index is 0.0187. The van der Waals surface area contributed by atoms with Gasteiger partial charge in [-0.25, -0.2) is 0 Å². The van der Waals surface area contributed by atoms with Crippen LogP contribution in [0.2, 0.25) is 0 Å². The Morgan fingerprint density at radius 3 is 2.60 bits per heavy atom. The van der Waals surface area contributed by atoms with Crippen molar-refractivity contribution in [2.75, 3.05) is 0 Å². The Hall–Kier alpha value is -1.85. The summed E-state index contributed by atoms with van der Waals surface area (Å²) in [5, 5.41) is 2.48. The highest BCUT2D eigenvalue weighted by Crippen LogP contribution is 2.67. The number of hydrogen-bond acceptors (Lipinski definition) is 1. The Morgan fingerprint density at radius 2 is 1.85 bits per heavy atom. The zero-order valence-corrected chi connectivity index (χ0v) is 12.2. The summed E-state index contributed by atoms with van der Waals surface area (Å²) in [6.45, 7) is 2.01. The van der Waals surface area contributed by atoms with E-state index in [0.29, 0.717) is 0 Å². The number of benzene rings is 2. The van der Waals surface area contributed by atoms with E-state index >= 15 is 0 Å². The minimum atomic E-state index is -2.45. The van der Waals surface area contributed by atoms with Crippen LogP contribution < -0.4 is 0 Å². The molecular weight excluding hydrogens is 263 g/mol. The third-order valence-corrected chi connectivity index (χ3v) is 6.90. The smallest absolute Gasteiger partial charge is 0.140 e. The Bertz CT molecular complexity index is 850. The predicted octanol–water partition coefficient (Wildman–Crippen LogP) is 5.70. The van der Waals surface area contributed by atoms with Crippen LogP contribution in [0.25, 0.3) is 16.8 Å². The molecule has 0 amide bonds. The van der Waals surface area contributed by atoms with Crippen LogP contribution in [0.3, 0.4) is 0 Å². The molecule has 0 saturated carbocycles. The molecule has 2 aliphatic rings. The van der Waals surface area contributed by atoms with Gasteiger partial charge in [0.05, 0.1) is 5.66 Å². The normalized spacial score (nSPS) is 27.1. The van der Waals surface area contributed by atoms with Gasteiger partial charge in [0.2, 0.25) is 0 Å². The van der Waals surface area contributed by atoms with Gasteiger partial charge in [-0.2, -0.15) is 0 Å². The fourth-order valence-corrected chi connectivity index (χ4v) is 5.87. The molecule has 2 aromatic rings. The lowest BCUT2D eigenvalue weighted by Crippen LogP contribution is -2.00. The maximum atomic E-state index is 13.2. The summed E-state index contributed by atoms with van der Waals surface area (Å²) in [7, 11) is -2.45. The number of hydrogen-bond donors (Lipinski definition) is 0. The largest absolute Gasteiger partial charge is 0.314 e. The van der Waals surface area contributed by atoms with Crippen molar-refractivity contribution in [3.63, 3.8) is 0 Å². The first kappa shape index (κ1) is 11.9. The van der Waals surface area contributed by atoms with E-state index < -0.39 is 7.14 Å². The zero-order chi connectivity index (χ0) is 13.7. The summed E-state index contributed by atoms with van der Waals surface area (Å²) in [5.74, 6) is 3.86. The molecule has 0 saturated heterocycles. The van der Waals surface area contributed by atoms with Crippen molar-refractivity contribution in [1.29, 1.82) is 0 Å². The molecule has 0 aromatic heterocycles. The minimum Gasteiger partial charge on any atom is -0.314 e. The van der Waals surface area contributed by atoms with E-state index in [1.54, 1.807) is 0 Å². The van der Waals surface area contributed by atoms with Crippen LogP contribution in [-0.2, 0) is 4.57 Å². The topological polar surface area (TPSA) is 17.1 Å². The van der Waals surface area contributed by atoms with Gasteiger partial charge in [0.25, 0.3) is 0 Å². The predicted molar refractivity (Wildman–Crippen MR) is 86.2 cm³/mol. The van der Waals surface area contributed by atoms with Crippen LogP contribution in [0.15, 0.2) is 65.8 Å². The van der Waals surface area contributed by atoms with Crippen LogP contribution in [0.1, 0.15) is 23.7 Å². The first-order valence-corrected chi connectivity index (χ1v) is 8.76. The van der Waals surface area contributed by atoms with Gasteiger partial charge < -0.3 is 4.57 Å². The van der Waals surface area contributed by atoms with Crippen molar-refractivity contribution in [2.24, 2.45) is 0 Å². The molecule has 1 nitrogen and oxygen atoms in total. The molecule has 20 heavy (non-hydrogen) atoms. The second-order valence-corrected chi connectivity index (χ2v) is 8.19. The second kappa shape index (κ2) is 4.07. The van der Waals surface area contributed by atoms with Crippen LogP contribution in [0, 0.1) is 0 Å². The van der Waals surface area contributed by atoms with Crippen LogP contribution in [0.5, 0.6) is 0 Å². The molecule has 98 valence electrons. The van der Waals surface area contributed by atoms with Crippen LogP contribution in [0.4, 0.5) is 0 Å². The van der Waals surface area contributed by atoms with Gasteiger partial charge in [-0.15, -0.1) is 0 Å². The quantitative estimate of drug-likeness (QED) is 0.611. The summed E-state index contributed by atoms with van der Waals surface area (Å²) < 4.78 is 13.2. The third-order valence-electron chi connectivity index (χ3n) is 4.16. The van der Waals surface area contributed by atoms with E-state index in [4.69, 9.17) is 0 Å². The SMILES string of the molecule is CC1=CP(=O)(C2C=Cc3cccc4cccc2c34)C=C1. The maximum Gasteiger partial charge on any atom is 0.140 e. The number of rotatable bonds is 1. The molecule has 2 unspecified atom stereocenters. The van der Waals surface area contributed by atoms with Crippen LogP contribution >= 0.6 is 7.14 Å². The van der Waals surface area contributed by atoms with Gasteiger partial charge in [0.1, 0.15) is 7.14 Å². The highest BCUT2D eigenvalue weighted by molar-refractivity contribution is 7.71. The van der Waals surface area contributed by atoms with E-state index in [-0.39, 0.29) is 5.66 Å². The summed E-state index contributed by atoms with van der Waals surface area (Å²) >= 11 is 0. The molecule has 4 rings (SSSR count). The summed E-state index contributed by atoms with van der Waals surface area (Å²) in [5.41, 5.74) is 3.51. The van der Waals surface area contributed by atoms with Gasteiger partial charge in [-0.05, 0) is 46.0 Å². The highest BCUT2D eigenvalue weighted by Gasteiger charge is 2.33. The Morgan fingerprint density at radius 1 is 1.05 bits per heavy atom. The molecule has 0 fully saturated rings. The third kappa shape index (κ3) is 1.60. The standard InChI is InChI=1S/C18H15OP/c1-13-10-11-20(19,12-13)17-9-8-15-5-2-4-14-6-3-7-16(17)18(14)15/h2-12,17H,1H3. The van der Waals surface area contributed by atoms with Gasteiger partial charge >= 0.3 is 0 Å². The van der Waals surface area contributed by atoms with E-state index in [9.17, 15) is 4.57 Å². The molecule has 1 aliphatic heterocycles. The fraction of sp³-hybridized carbons (Fsp3) is 0.111. The molecule has 0 radical (unpaired) electrons. The van der Waals surface area contributed by atoms with Crippen molar-refractivity contribution in [3.05, 3.63) is 76.9 Å². The van der Waals surface area contributed by atoms with Gasteiger partial charge in [0.15, 0.2) is 0 Å². The zero-order valence-electron chi connectivity index (χ0n) is 11.3. The fourth-order valence-electron chi connectivity index (χ4n) is 3.25. The lowest BCUT2D eigenvalue weighted by molar-refractivity contribution is 0.583. The Kier molecular flexibility index (Phi) is 2.43. The van der Waals surface area contributed by atoms with Crippen molar-refractivity contribution >= 4 is 24.0 Å². The lowest BCUT2D eigenvalue weighted by Gasteiger charge is -2.24. The monoisotopic (exact) mass is 278 g/mol. The average molecular weight is 278 g/mol. The molecule has 0 N–H and O–H groups in total. The Balaban J connectivity index is 2.00. The average Bonchev–Trinajstić information content (AvgIpc) is 2.80. The number of allylic oxidation sites excluding steroid dienone is 3. The van der Waals surface area contributed by atoms with E-state index in [1.807, 2.05) is 24.6 Å². The molecule has 2 aromatic carbocycles. The molecule has 2 atom stereocenters. The molecular formula is C18H15OP. The van der Waals surface area contributed by atoms with Gasteiger partial charge in [-0.3, -0.25) is 0 Å². The van der Waals surface area contributed by atoms with Crippen molar-refractivity contribution in [3.8, 4) is 0 Å². The Labute approximate surface area is 118 Å². The van der Waals surface area contributed by atoms with Crippen molar-refractivity contribution in [2.45, 2.75) is 12.6 Å². The van der Waals surface area contributed by atoms with Crippen molar-refractivity contribution < 1.29 is 4.57 Å². The summed E-state index contributed by atoms with van der Waals surface area (Å²) in [4.78, 5) is 0.